The van der Waals surface area contributed by atoms with E-state index in [1.54, 1.807) is 0 Å². The van der Waals surface area contributed by atoms with Gasteiger partial charge in [0.15, 0.2) is 5.78 Å². The van der Waals surface area contributed by atoms with E-state index >= 15 is 0 Å². The molecular weight excluding hydrogens is 294 g/mol. The zero-order chi connectivity index (χ0) is 16.6. The number of likely N-dealkylation sites (tertiary alicyclic amines) is 1. The lowest BCUT2D eigenvalue weighted by atomic mass is 9.99. The molecule has 2 nitrogen and oxygen atoms in total. The van der Waals surface area contributed by atoms with E-state index in [0.717, 1.165) is 18.4 Å². The average Bonchev–Trinajstić information content (AvgIpc) is 3.12. The number of carbonyl (C=O) groups is 1. The molecule has 1 aliphatic rings. The predicted octanol–water partition coefficient (Wildman–Crippen LogP) is 4.92. The van der Waals surface area contributed by atoms with Crippen LogP contribution in [0.4, 0.5) is 0 Å². The fourth-order valence-corrected chi connectivity index (χ4v) is 3.60. The molecule has 0 bridgehead atoms. The second-order valence-electron chi connectivity index (χ2n) is 6.80. The van der Waals surface area contributed by atoms with Crippen LogP contribution in [0.3, 0.4) is 0 Å². The summed E-state index contributed by atoms with van der Waals surface area (Å²) in [5.41, 5.74) is 2.33. The van der Waals surface area contributed by atoms with Crippen LogP contribution < -0.4 is 0 Å². The Balaban J connectivity index is 1.31. The summed E-state index contributed by atoms with van der Waals surface area (Å²) in [6.45, 7) is 3.57. The molecule has 0 amide bonds. The van der Waals surface area contributed by atoms with Crippen molar-refractivity contribution in [3.63, 3.8) is 0 Å². The number of benzene rings is 2. The molecule has 24 heavy (non-hydrogen) atoms. The molecule has 1 aliphatic heterocycles. The molecule has 1 heterocycles. The molecule has 0 radical (unpaired) electrons. The van der Waals surface area contributed by atoms with Gasteiger partial charge in [0, 0.05) is 18.5 Å². The van der Waals surface area contributed by atoms with Crippen molar-refractivity contribution < 1.29 is 4.79 Å². The Kier molecular flexibility index (Phi) is 6.20. The van der Waals surface area contributed by atoms with Crippen LogP contribution in [-0.2, 0) is 0 Å². The molecule has 3 rings (SSSR count). The first-order valence-corrected chi connectivity index (χ1v) is 9.18. The second-order valence-corrected chi connectivity index (χ2v) is 6.80. The average molecular weight is 321 g/mol. The molecule has 0 aromatic heterocycles. The maximum atomic E-state index is 12.1. The van der Waals surface area contributed by atoms with Gasteiger partial charge in [0.05, 0.1) is 0 Å². The Morgan fingerprint density at radius 2 is 1.62 bits per heavy atom. The summed E-state index contributed by atoms with van der Waals surface area (Å²) in [5.74, 6) is 0.978. The summed E-state index contributed by atoms with van der Waals surface area (Å²) in [6, 6.07) is 20.5. The van der Waals surface area contributed by atoms with Gasteiger partial charge in [0.1, 0.15) is 0 Å². The van der Waals surface area contributed by atoms with E-state index in [1.807, 2.05) is 30.3 Å². The van der Waals surface area contributed by atoms with Gasteiger partial charge in [-0.1, -0.05) is 67.1 Å². The fourth-order valence-electron chi connectivity index (χ4n) is 3.60. The zero-order valence-corrected chi connectivity index (χ0v) is 14.4. The van der Waals surface area contributed by atoms with Crippen molar-refractivity contribution in [3.8, 4) is 0 Å². The fraction of sp³-hybridized carbons (Fsp3) is 0.409. The molecule has 2 heteroatoms. The van der Waals surface area contributed by atoms with Crippen molar-refractivity contribution in [1.29, 1.82) is 0 Å². The third-order valence-corrected chi connectivity index (χ3v) is 5.02. The van der Waals surface area contributed by atoms with E-state index < -0.39 is 0 Å². The van der Waals surface area contributed by atoms with E-state index in [9.17, 15) is 4.79 Å². The van der Waals surface area contributed by atoms with Crippen LogP contribution in [0.2, 0.25) is 0 Å². The summed E-state index contributed by atoms with van der Waals surface area (Å²) < 4.78 is 0. The number of hydrogen-bond donors (Lipinski definition) is 0. The second kappa shape index (κ2) is 8.79. The van der Waals surface area contributed by atoms with Gasteiger partial charge in [0.25, 0.3) is 0 Å². The monoisotopic (exact) mass is 321 g/mol. The third-order valence-electron chi connectivity index (χ3n) is 5.02. The molecule has 0 spiro atoms. The van der Waals surface area contributed by atoms with Crippen molar-refractivity contribution in [2.45, 2.75) is 38.0 Å². The molecule has 1 atom stereocenters. The Hall–Kier alpha value is -1.93. The molecule has 0 aliphatic carbocycles. The van der Waals surface area contributed by atoms with Gasteiger partial charge >= 0.3 is 0 Å². The molecule has 2 aromatic rings. The Morgan fingerprint density at radius 3 is 2.38 bits per heavy atom. The number of Topliss-reactive ketones (excluding diaryl/α,β-unsaturated/α-hetero) is 1. The summed E-state index contributed by atoms with van der Waals surface area (Å²) >= 11 is 0. The van der Waals surface area contributed by atoms with Gasteiger partial charge in [-0.2, -0.15) is 0 Å². The Bertz CT molecular complexity index is 623. The van der Waals surface area contributed by atoms with E-state index in [0.29, 0.717) is 12.3 Å². The zero-order valence-electron chi connectivity index (χ0n) is 14.4. The predicted molar refractivity (Wildman–Crippen MR) is 99.5 cm³/mol. The molecule has 126 valence electrons. The number of hydrogen-bond acceptors (Lipinski definition) is 2. The highest BCUT2D eigenvalue weighted by molar-refractivity contribution is 5.95. The normalized spacial score (nSPS) is 17.9. The smallest absolute Gasteiger partial charge is 0.162 e. The van der Waals surface area contributed by atoms with Crippen LogP contribution >= 0.6 is 0 Å². The first kappa shape index (κ1) is 16.9. The summed E-state index contributed by atoms with van der Waals surface area (Å²) in [4.78, 5) is 14.6. The minimum Gasteiger partial charge on any atom is -0.303 e. The molecule has 2 aromatic carbocycles. The largest absolute Gasteiger partial charge is 0.303 e. The van der Waals surface area contributed by atoms with Crippen molar-refractivity contribution in [3.05, 3.63) is 71.8 Å². The lowest BCUT2D eigenvalue weighted by Crippen LogP contribution is -2.21. The number of rotatable bonds is 8. The minimum absolute atomic E-state index is 0.279. The van der Waals surface area contributed by atoms with Crippen LogP contribution in [0.15, 0.2) is 60.7 Å². The van der Waals surface area contributed by atoms with Gasteiger partial charge in [0.2, 0.25) is 0 Å². The van der Waals surface area contributed by atoms with Gasteiger partial charge in [-0.3, -0.25) is 4.79 Å². The number of ketones is 1. The van der Waals surface area contributed by atoms with E-state index in [1.165, 1.54) is 38.0 Å². The number of unbranched alkanes of at least 4 members (excludes halogenated alkanes) is 2. The molecular formula is C22H27NO. The quantitative estimate of drug-likeness (QED) is 0.508. The highest BCUT2D eigenvalue weighted by Crippen LogP contribution is 2.27. The van der Waals surface area contributed by atoms with Crippen molar-refractivity contribution >= 4 is 5.78 Å². The lowest BCUT2D eigenvalue weighted by molar-refractivity contribution is 0.0979. The van der Waals surface area contributed by atoms with Crippen molar-refractivity contribution in [2.75, 3.05) is 19.6 Å². The molecule has 0 saturated carbocycles. The van der Waals surface area contributed by atoms with Gasteiger partial charge in [-0.25, -0.2) is 0 Å². The van der Waals surface area contributed by atoms with Gasteiger partial charge in [-0.15, -0.1) is 0 Å². The maximum absolute atomic E-state index is 12.1. The summed E-state index contributed by atoms with van der Waals surface area (Å²) in [7, 11) is 0. The summed E-state index contributed by atoms with van der Waals surface area (Å²) in [5, 5.41) is 0. The minimum atomic E-state index is 0.279. The summed E-state index contributed by atoms with van der Waals surface area (Å²) in [6.07, 6.45) is 5.30. The highest BCUT2D eigenvalue weighted by Gasteiger charge is 2.22. The number of nitrogens with zero attached hydrogens (tertiary/aromatic N) is 1. The molecule has 1 saturated heterocycles. The van der Waals surface area contributed by atoms with Crippen LogP contribution in [0.1, 0.15) is 53.9 Å². The van der Waals surface area contributed by atoms with E-state index in [4.69, 9.17) is 0 Å². The maximum Gasteiger partial charge on any atom is 0.162 e. The lowest BCUT2D eigenvalue weighted by Gasteiger charge is -2.16. The standard InChI is InChI=1S/C22H27NO/c24-22(20-12-6-2-7-13-20)14-8-3-9-16-23-17-15-21(18-23)19-10-4-1-5-11-19/h1-2,4-7,10-13,21H,3,8-9,14-18H2. The van der Waals surface area contributed by atoms with Crippen LogP contribution in [0, 0.1) is 0 Å². The Morgan fingerprint density at radius 1 is 0.917 bits per heavy atom. The first-order chi connectivity index (χ1) is 11.8. The molecule has 1 fully saturated rings. The molecule has 0 N–H and O–H groups in total. The number of carbonyl (C=O) groups excluding carboxylic acids is 1. The first-order valence-electron chi connectivity index (χ1n) is 9.18. The van der Waals surface area contributed by atoms with Crippen LogP contribution in [0.5, 0.6) is 0 Å². The van der Waals surface area contributed by atoms with E-state index in [-0.39, 0.29) is 5.78 Å². The van der Waals surface area contributed by atoms with Crippen LogP contribution in [-0.4, -0.2) is 30.3 Å². The van der Waals surface area contributed by atoms with Crippen molar-refractivity contribution in [1.82, 2.24) is 4.90 Å². The molecule has 1 unspecified atom stereocenters. The van der Waals surface area contributed by atoms with E-state index in [2.05, 4.69) is 35.2 Å². The van der Waals surface area contributed by atoms with Crippen LogP contribution in [0.25, 0.3) is 0 Å². The highest BCUT2D eigenvalue weighted by atomic mass is 16.1. The third kappa shape index (κ3) is 4.78. The Labute approximate surface area is 145 Å². The van der Waals surface area contributed by atoms with Crippen molar-refractivity contribution in [2.24, 2.45) is 0 Å². The SMILES string of the molecule is O=C(CCCCCN1CCC(c2ccccc2)C1)c1ccccc1. The van der Waals surface area contributed by atoms with Gasteiger partial charge in [-0.05, 0) is 43.8 Å². The topological polar surface area (TPSA) is 20.3 Å². The van der Waals surface area contributed by atoms with Gasteiger partial charge < -0.3 is 4.90 Å².